The van der Waals surface area contributed by atoms with Crippen molar-refractivity contribution < 1.29 is 14.3 Å². The van der Waals surface area contributed by atoms with Crippen molar-refractivity contribution in [2.45, 2.75) is 71.9 Å². The van der Waals surface area contributed by atoms with E-state index in [2.05, 4.69) is 32.7 Å². The summed E-state index contributed by atoms with van der Waals surface area (Å²) < 4.78 is 5.22. The molecule has 0 aromatic carbocycles. The maximum absolute atomic E-state index is 11.4. The number of hydrogen-bond acceptors (Lipinski definition) is 4. The van der Waals surface area contributed by atoms with Gasteiger partial charge in [-0.3, -0.25) is 9.69 Å². The highest BCUT2D eigenvalue weighted by Crippen LogP contribution is 2.18. The van der Waals surface area contributed by atoms with Crippen LogP contribution < -0.4 is 0 Å². The molecule has 1 aliphatic heterocycles. The Labute approximate surface area is 148 Å². The third-order valence-electron chi connectivity index (χ3n) is 4.29. The van der Waals surface area contributed by atoms with Gasteiger partial charge in [0, 0.05) is 33.0 Å². The van der Waals surface area contributed by atoms with Crippen molar-refractivity contribution in [3.63, 3.8) is 0 Å². The van der Waals surface area contributed by atoms with Gasteiger partial charge in [-0.25, -0.2) is 0 Å². The topological polar surface area (TPSA) is 49.9 Å². The van der Waals surface area contributed by atoms with Gasteiger partial charge in [-0.2, -0.15) is 0 Å². The summed E-state index contributed by atoms with van der Waals surface area (Å²) in [5.74, 6) is 0.774. The highest BCUT2D eigenvalue weighted by Gasteiger charge is 2.30. The fourth-order valence-electron chi connectivity index (χ4n) is 3.02. The van der Waals surface area contributed by atoms with Gasteiger partial charge in [-0.1, -0.05) is 46.5 Å². The minimum atomic E-state index is 0.270. The zero-order chi connectivity index (χ0) is 18.4. The Bertz CT molecular complexity index is 335. The molecule has 1 fully saturated rings. The summed E-state index contributed by atoms with van der Waals surface area (Å²) >= 11 is 0. The Hall–Kier alpha value is -0.940. The van der Waals surface area contributed by atoms with Crippen LogP contribution in [0.25, 0.3) is 0 Å². The lowest BCUT2D eigenvalue weighted by molar-refractivity contribution is -0.143. The van der Waals surface area contributed by atoms with Crippen LogP contribution in [-0.2, 0) is 14.3 Å². The van der Waals surface area contributed by atoms with Crippen molar-refractivity contribution in [2.75, 3.05) is 33.9 Å². The van der Waals surface area contributed by atoms with Crippen LogP contribution in [0.4, 0.5) is 0 Å². The molecular formula is C19H38N2O3. The molecule has 0 aromatic rings. The van der Waals surface area contributed by atoms with Gasteiger partial charge in [0.05, 0.1) is 12.8 Å². The quantitative estimate of drug-likeness (QED) is 0.451. The summed E-state index contributed by atoms with van der Waals surface area (Å²) in [5, 5.41) is 0. The zero-order valence-electron chi connectivity index (χ0n) is 16.4. The summed E-state index contributed by atoms with van der Waals surface area (Å²) in [6.45, 7) is 8.81. The summed E-state index contributed by atoms with van der Waals surface area (Å²) in [7, 11) is 3.97. The smallest absolute Gasteiger partial charge is 0.224 e. The first kappa shape index (κ1) is 23.1. The fraction of sp³-hybridized carbons (Fsp3) is 0.895. The molecule has 5 nitrogen and oxygen atoms in total. The summed E-state index contributed by atoms with van der Waals surface area (Å²) in [6, 6.07) is 0. The van der Waals surface area contributed by atoms with Crippen molar-refractivity contribution in [3.8, 4) is 0 Å². The molecule has 0 radical (unpaired) electrons. The molecule has 1 aliphatic rings. The second-order valence-corrected chi connectivity index (χ2v) is 6.87. The van der Waals surface area contributed by atoms with Crippen molar-refractivity contribution in [1.29, 1.82) is 0 Å². The molecule has 1 amide bonds. The van der Waals surface area contributed by atoms with Gasteiger partial charge >= 0.3 is 0 Å². The molecule has 1 heterocycles. The molecule has 0 aliphatic carbocycles. The standard InChI is InChI=1S/C10H20O2.C9H18N2O/c1-2-3-4-5-6-9-12-10-7-8-11;1-7(2)9-10(3)6-5-8(12)11(9)4/h8H,2-7,9-10H2,1H3;7,9H,5-6H2,1-4H3/t;9-/m.1/s1. The molecule has 1 rings (SSSR count). The minimum absolute atomic E-state index is 0.270. The average molecular weight is 343 g/mol. The molecule has 0 N–H and O–H groups in total. The Morgan fingerprint density at radius 1 is 1.17 bits per heavy atom. The highest BCUT2D eigenvalue weighted by atomic mass is 16.5. The number of unbranched alkanes of at least 4 members (excludes halogenated alkanes) is 4. The van der Waals surface area contributed by atoms with Crippen LogP contribution in [0.3, 0.4) is 0 Å². The van der Waals surface area contributed by atoms with Crippen LogP contribution in [0.2, 0.25) is 0 Å². The van der Waals surface area contributed by atoms with E-state index < -0.39 is 0 Å². The van der Waals surface area contributed by atoms with Gasteiger partial charge in [0.1, 0.15) is 6.29 Å². The molecule has 0 aromatic heterocycles. The van der Waals surface area contributed by atoms with Crippen LogP contribution in [0.15, 0.2) is 0 Å². The molecular weight excluding hydrogens is 304 g/mol. The summed E-state index contributed by atoms with van der Waals surface area (Å²) in [6.07, 6.45) is 8.70. The Kier molecular flexibility index (Phi) is 13.8. The van der Waals surface area contributed by atoms with Crippen LogP contribution in [0.1, 0.15) is 65.7 Å². The van der Waals surface area contributed by atoms with E-state index in [-0.39, 0.29) is 12.1 Å². The third kappa shape index (κ3) is 10.0. The van der Waals surface area contributed by atoms with Crippen molar-refractivity contribution in [3.05, 3.63) is 0 Å². The molecule has 0 spiro atoms. The van der Waals surface area contributed by atoms with Crippen molar-refractivity contribution in [2.24, 2.45) is 5.92 Å². The van der Waals surface area contributed by atoms with Gasteiger partial charge in [-0.05, 0) is 19.4 Å². The maximum Gasteiger partial charge on any atom is 0.224 e. The maximum atomic E-state index is 11.4. The van der Waals surface area contributed by atoms with Crippen molar-refractivity contribution in [1.82, 2.24) is 9.80 Å². The molecule has 1 atom stereocenters. The molecule has 24 heavy (non-hydrogen) atoms. The second kappa shape index (κ2) is 14.4. The van der Waals surface area contributed by atoms with Crippen LogP contribution in [-0.4, -0.2) is 62.0 Å². The highest BCUT2D eigenvalue weighted by molar-refractivity contribution is 5.77. The third-order valence-corrected chi connectivity index (χ3v) is 4.29. The van der Waals surface area contributed by atoms with Crippen LogP contribution >= 0.6 is 0 Å². The predicted molar refractivity (Wildman–Crippen MR) is 98.9 cm³/mol. The lowest BCUT2D eigenvalue weighted by Gasteiger charge is -2.42. The molecule has 5 heteroatoms. The first-order chi connectivity index (χ1) is 11.5. The predicted octanol–water partition coefficient (Wildman–Crippen LogP) is 3.32. The fourth-order valence-corrected chi connectivity index (χ4v) is 3.02. The number of aldehydes is 1. The Morgan fingerprint density at radius 3 is 2.38 bits per heavy atom. The average Bonchev–Trinajstić information content (AvgIpc) is 2.54. The Morgan fingerprint density at radius 2 is 1.83 bits per heavy atom. The van der Waals surface area contributed by atoms with E-state index in [1.54, 1.807) is 0 Å². The molecule has 1 saturated heterocycles. The zero-order valence-corrected chi connectivity index (χ0v) is 16.4. The molecule has 0 saturated carbocycles. The van der Waals surface area contributed by atoms with Crippen LogP contribution in [0, 0.1) is 5.92 Å². The number of carbonyl (C=O) groups is 2. The van der Waals surface area contributed by atoms with E-state index in [1.165, 1.54) is 25.7 Å². The number of rotatable bonds is 10. The first-order valence-corrected chi connectivity index (χ1v) is 9.42. The normalized spacial score (nSPS) is 18.5. The van der Waals surface area contributed by atoms with E-state index in [1.807, 2.05) is 11.9 Å². The van der Waals surface area contributed by atoms with Gasteiger partial charge < -0.3 is 14.4 Å². The number of ether oxygens (including phenoxy) is 1. The summed E-state index contributed by atoms with van der Waals surface area (Å²) in [4.78, 5) is 25.4. The minimum Gasteiger partial charge on any atom is -0.381 e. The van der Waals surface area contributed by atoms with E-state index >= 15 is 0 Å². The van der Waals surface area contributed by atoms with Crippen LogP contribution in [0.5, 0.6) is 0 Å². The summed E-state index contributed by atoms with van der Waals surface area (Å²) in [5.41, 5.74) is 0. The van der Waals surface area contributed by atoms with E-state index in [0.717, 1.165) is 25.9 Å². The number of nitrogens with zero attached hydrogens (tertiary/aromatic N) is 2. The van der Waals surface area contributed by atoms with Gasteiger partial charge in [-0.15, -0.1) is 0 Å². The van der Waals surface area contributed by atoms with Gasteiger partial charge in [0.25, 0.3) is 0 Å². The molecule has 0 unspecified atom stereocenters. The van der Waals surface area contributed by atoms with E-state index in [9.17, 15) is 9.59 Å². The Balaban J connectivity index is 0.000000441. The second-order valence-electron chi connectivity index (χ2n) is 6.87. The number of hydrogen-bond donors (Lipinski definition) is 0. The SMILES string of the molecule is CC(C)[C@@H]1N(C)CCC(=O)N1C.CCCCCCCOCCC=O. The van der Waals surface area contributed by atoms with Gasteiger partial charge in [0.2, 0.25) is 5.91 Å². The molecule has 142 valence electrons. The largest absolute Gasteiger partial charge is 0.381 e. The molecule has 0 bridgehead atoms. The number of carbonyl (C=O) groups excluding carboxylic acids is 2. The number of amides is 1. The van der Waals surface area contributed by atoms with E-state index in [4.69, 9.17) is 4.74 Å². The monoisotopic (exact) mass is 342 g/mol. The lowest BCUT2D eigenvalue weighted by atomic mass is 10.1. The van der Waals surface area contributed by atoms with E-state index in [0.29, 0.717) is 25.4 Å². The first-order valence-electron chi connectivity index (χ1n) is 9.42. The van der Waals surface area contributed by atoms with Crippen molar-refractivity contribution >= 4 is 12.2 Å². The van der Waals surface area contributed by atoms with Gasteiger partial charge in [0.15, 0.2) is 0 Å². The lowest BCUT2D eigenvalue weighted by Crippen LogP contribution is -2.55.